The van der Waals surface area contributed by atoms with E-state index in [2.05, 4.69) is 10.9 Å². The van der Waals surface area contributed by atoms with Gasteiger partial charge >= 0.3 is 0 Å². The zero-order chi connectivity index (χ0) is 17.6. The molecule has 3 rings (SSSR count). The minimum atomic E-state index is -0.300. The number of rotatable bonds is 5. The van der Waals surface area contributed by atoms with Gasteiger partial charge in [-0.2, -0.15) is 0 Å². The molecule has 0 bridgehead atoms. The lowest BCUT2D eigenvalue weighted by Crippen LogP contribution is -2.43. The molecule has 130 valence electrons. The number of hydrogen-bond donors (Lipinski definition) is 2. The molecule has 0 aromatic heterocycles. The average Bonchev–Trinajstić information content (AvgIpc) is 3.03. The van der Waals surface area contributed by atoms with Crippen LogP contribution in [-0.4, -0.2) is 35.7 Å². The normalized spacial score (nSPS) is 13.9. The SMILES string of the molecule is O=C(CCN1CCCC1=O)NNC(=O)Cc1cccc2ccccc12. The molecule has 1 aliphatic rings. The molecule has 0 spiro atoms. The van der Waals surface area contributed by atoms with Gasteiger partial charge in [0.1, 0.15) is 0 Å². The van der Waals surface area contributed by atoms with Crippen LogP contribution in [0.5, 0.6) is 0 Å². The van der Waals surface area contributed by atoms with Gasteiger partial charge in [0.2, 0.25) is 17.7 Å². The second kappa shape index (κ2) is 7.79. The van der Waals surface area contributed by atoms with Crippen LogP contribution >= 0.6 is 0 Å². The van der Waals surface area contributed by atoms with Crippen molar-refractivity contribution in [3.05, 3.63) is 48.0 Å². The fraction of sp³-hybridized carbons (Fsp3) is 0.316. The third kappa shape index (κ3) is 4.35. The largest absolute Gasteiger partial charge is 0.342 e. The van der Waals surface area contributed by atoms with Gasteiger partial charge in [-0.3, -0.25) is 25.2 Å². The number of carbonyl (C=O) groups is 3. The molecule has 1 heterocycles. The fourth-order valence-corrected chi connectivity index (χ4v) is 3.04. The Balaban J connectivity index is 1.47. The summed E-state index contributed by atoms with van der Waals surface area (Å²) in [4.78, 5) is 37.1. The molecule has 25 heavy (non-hydrogen) atoms. The molecular weight excluding hydrogens is 318 g/mol. The van der Waals surface area contributed by atoms with E-state index in [1.165, 1.54) is 0 Å². The number of amides is 3. The van der Waals surface area contributed by atoms with Crippen LogP contribution < -0.4 is 10.9 Å². The summed E-state index contributed by atoms with van der Waals surface area (Å²) in [6, 6.07) is 13.7. The highest BCUT2D eigenvalue weighted by Crippen LogP contribution is 2.18. The molecule has 6 heteroatoms. The van der Waals surface area contributed by atoms with E-state index in [-0.39, 0.29) is 30.6 Å². The van der Waals surface area contributed by atoms with Crippen molar-refractivity contribution in [2.24, 2.45) is 0 Å². The summed E-state index contributed by atoms with van der Waals surface area (Å²) in [6.07, 6.45) is 1.78. The molecule has 0 aliphatic carbocycles. The topological polar surface area (TPSA) is 78.5 Å². The summed E-state index contributed by atoms with van der Waals surface area (Å²) in [5.74, 6) is -0.485. The number of carbonyl (C=O) groups excluding carboxylic acids is 3. The zero-order valence-corrected chi connectivity index (χ0v) is 14.0. The van der Waals surface area contributed by atoms with Crippen LogP contribution in [0.15, 0.2) is 42.5 Å². The van der Waals surface area contributed by atoms with Crippen LogP contribution in [0.2, 0.25) is 0 Å². The van der Waals surface area contributed by atoms with Gasteiger partial charge in [-0.15, -0.1) is 0 Å². The maximum absolute atomic E-state index is 12.1. The molecule has 2 aromatic carbocycles. The number of hydrazine groups is 1. The third-order valence-corrected chi connectivity index (χ3v) is 4.35. The monoisotopic (exact) mass is 339 g/mol. The van der Waals surface area contributed by atoms with Gasteiger partial charge in [0.05, 0.1) is 6.42 Å². The van der Waals surface area contributed by atoms with E-state index in [4.69, 9.17) is 0 Å². The summed E-state index contributed by atoms with van der Waals surface area (Å²) in [5.41, 5.74) is 5.76. The fourth-order valence-electron chi connectivity index (χ4n) is 3.04. The highest BCUT2D eigenvalue weighted by molar-refractivity contribution is 5.91. The molecule has 3 amide bonds. The summed E-state index contributed by atoms with van der Waals surface area (Å²) in [5, 5.41) is 2.10. The Morgan fingerprint density at radius 3 is 2.56 bits per heavy atom. The quantitative estimate of drug-likeness (QED) is 0.811. The highest BCUT2D eigenvalue weighted by atomic mass is 16.2. The molecule has 0 unspecified atom stereocenters. The molecule has 0 saturated carbocycles. The molecule has 1 aliphatic heterocycles. The number of nitrogens with zero attached hydrogens (tertiary/aromatic N) is 1. The van der Waals surface area contributed by atoms with Crippen molar-refractivity contribution >= 4 is 28.5 Å². The van der Waals surface area contributed by atoms with Crippen molar-refractivity contribution in [1.82, 2.24) is 15.8 Å². The van der Waals surface area contributed by atoms with Crippen molar-refractivity contribution in [1.29, 1.82) is 0 Å². The van der Waals surface area contributed by atoms with Crippen molar-refractivity contribution < 1.29 is 14.4 Å². The standard InChI is InChI=1S/C19H21N3O3/c23-17(10-12-22-11-4-9-19(22)25)20-21-18(24)13-15-7-3-6-14-5-1-2-8-16(14)15/h1-3,5-8H,4,9-13H2,(H,20,23)(H,21,24). The molecule has 1 saturated heterocycles. The third-order valence-electron chi connectivity index (χ3n) is 4.35. The molecule has 2 aromatic rings. The summed E-state index contributed by atoms with van der Waals surface area (Å²) >= 11 is 0. The van der Waals surface area contributed by atoms with Gasteiger partial charge in [0.25, 0.3) is 0 Å². The lowest BCUT2D eigenvalue weighted by Gasteiger charge is -2.15. The van der Waals surface area contributed by atoms with E-state index in [0.717, 1.165) is 22.8 Å². The van der Waals surface area contributed by atoms with Crippen molar-refractivity contribution in [3.8, 4) is 0 Å². The second-order valence-corrected chi connectivity index (χ2v) is 6.15. The zero-order valence-electron chi connectivity index (χ0n) is 14.0. The van der Waals surface area contributed by atoms with Crippen molar-refractivity contribution in [2.45, 2.75) is 25.7 Å². The Bertz CT molecular complexity index is 798. The minimum Gasteiger partial charge on any atom is -0.342 e. The summed E-state index contributed by atoms with van der Waals surface area (Å²) < 4.78 is 0. The lowest BCUT2D eigenvalue weighted by atomic mass is 10.0. The Hall–Kier alpha value is -2.89. The second-order valence-electron chi connectivity index (χ2n) is 6.15. The van der Waals surface area contributed by atoms with E-state index in [9.17, 15) is 14.4 Å². The number of likely N-dealkylation sites (tertiary alicyclic amines) is 1. The van der Waals surface area contributed by atoms with Crippen molar-refractivity contribution in [3.63, 3.8) is 0 Å². The number of nitrogens with one attached hydrogen (secondary N) is 2. The van der Waals surface area contributed by atoms with Crippen LogP contribution in [0.1, 0.15) is 24.8 Å². The van der Waals surface area contributed by atoms with Crippen molar-refractivity contribution in [2.75, 3.05) is 13.1 Å². The van der Waals surface area contributed by atoms with E-state index in [1.54, 1.807) is 4.90 Å². The number of fused-ring (bicyclic) bond motifs is 1. The van der Waals surface area contributed by atoms with E-state index >= 15 is 0 Å². The Kier molecular flexibility index (Phi) is 5.28. The van der Waals surface area contributed by atoms with Gasteiger partial charge in [-0.05, 0) is 22.8 Å². The van der Waals surface area contributed by atoms with Crippen LogP contribution in [0, 0.1) is 0 Å². The first-order chi connectivity index (χ1) is 12.1. The summed E-state index contributed by atoms with van der Waals surface area (Å²) in [7, 11) is 0. The van der Waals surface area contributed by atoms with E-state index in [1.807, 2.05) is 42.5 Å². The molecule has 0 radical (unpaired) electrons. The van der Waals surface area contributed by atoms with Gasteiger partial charge in [0.15, 0.2) is 0 Å². The van der Waals surface area contributed by atoms with E-state index < -0.39 is 0 Å². The molecular formula is C19H21N3O3. The Morgan fingerprint density at radius 2 is 1.76 bits per heavy atom. The maximum Gasteiger partial charge on any atom is 0.242 e. The lowest BCUT2D eigenvalue weighted by molar-refractivity contribution is -0.130. The Morgan fingerprint density at radius 1 is 1.00 bits per heavy atom. The van der Waals surface area contributed by atoms with Gasteiger partial charge in [0, 0.05) is 25.9 Å². The molecule has 0 atom stereocenters. The minimum absolute atomic E-state index is 0.0905. The van der Waals surface area contributed by atoms with Crippen LogP contribution in [0.3, 0.4) is 0 Å². The van der Waals surface area contributed by atoms with E-state index in [0.29, 0.717) is 19.5 Å². The van der Waals surface area contributed by atoms with Gasteiger partial charge < -0.3 is 4.90 Å². The molecule has 2 N–H and O–H groups in total. The Labute approximate surface area is 146 Å². The van der Waals surface area contributed by atoms with Gasteiger partial charge in [-0.1, -0.05) is 42.5 Å². The highest BCUT2D eigenvalue weighted by Gasteiger charge is 2.20. The first kappa shape index (κ1) is 17.0. The smallest absolute Gasteiger partial charge is 0.242 e. The predicted octanol–water partition coefficient (Wildman–Crippen LogP) is 1.54. The average molecular weight is 339 g/mol. The van der Waals surface area contributed by atoms with Crippen LogP contribution in [0.4, 0.5) is 0 Å². The molecule has 6 nitrogen and oxygen atoms in total. The first-order valence-corrected chi connectivity index (χ1v) is 8.45. The first-order valence-electron chi connectivity index (χ1n) is 8.45. The van der Waals surface area contributed by atoms with Gasteiger partial charge in [-0.25, -0.2) is 0 Å². The molecule has 1 fully saturated rings. The number of benzene rings is 2. The van der Waals surface area contributed by atoms with Crippen LogP contribution in [0.25, 0.3) is 10.8 Å². The number of hydrogen-bond acceptors (Lipinski definition) is 3. The predicted molar refractivity (Wildman–Crippen MR) is 94.4 cm³/mol. The maximum atomic E-state index is 12.1. The summed E-state index contributed by atoms with van der Waals surface area (Å²) in [6.45, 7) is 1.10. The van der Waals surface area contributed by atoms with Crippen LogP contribution in [-0.2, 0) is 20.8 Å².